The quantitative estimate of drug-likeness (QED) is 0.190. The number of carbonyl (C=O) groups excluding carboxylic acids is 6. The van der Waals surface area contributed by atoms with Gasteiger partial charge in [-0.1, -0.05) is 12.1 Å². The Hall–Kier alpha value is -6.30. The zero-order chi connectivity index (χ0) is 47.4. The van der Waals surface area contributed by atoms with Crippen LogP contribution in [0.3, 0.4) is 0 Å². The topological polar surface area (TPSA) is 166 Å². The molecule has 0 saturated carbocycles. The van der Waals surface area contributed by atoms with Crippen LogP contribution >= 0.6 is 0 Å². The van der Waals surface area contributed by atoms with Gasteiger partial charge in [0.2, 0.25) is 23.6 Å². The van der Waals surface area contributed by atoms with Crippen molar-refractivity contribution in [3.05, 3.63) is 81.8 Å². The van der Waals surface area contributed by atoms with Gasteiger partial charge in [0, 0.05) is 100 Å². The monoisotopic (exact) mass is 932 g/mol. The van der Waals surface area contributed by atoms with Crippen molar-refractivity contribution in [3.63, 3.8) is 0 Å². The zero-order valence-electron chi connectivity index (χ0n) is 38.7. The summed E-state index contributed by atoms with van der Waals surface area (Å²) in [5, 5.41) is 11.8. The molecule has 0 aliphatic carbocycles. The molecule has 10 rings (SSSR count). The molecule has 2 aromatic carbocycles. The summed E-state index contributed by atoms with van der Waals surface area (Å²) in [5.74, 6) is -0.711. The van der Waals surface area contributed by atoms with Gasteiger partial charge in [-0.3, -0.25) is 48.3 Å². The molecule has 6 aliphatic rings. The number of halogens is 2. The molecule has 8 heterocycles. The van der Waals surface area contributed by atoms with Crippen LogP contribution in [0.2, 0.25) is 0 Å². The molecule has 4 aromatic rings. The second kappa shape index (κ2) is 18.7. The minimum atomic E-state index is -2.69. The molecule has 358 valence electrons. The number of hydrogen-bond donors (Lipinski definition) is 1. The Kier molecular flexibility index (Phi) is 12.5. The van der Waals surface area contributed by atoms with Gasteiger partial charge in [-0.15, -0.1) is 0 Å². The Morgan fingerprint density at radius 1 is 0.882 bits per heavy atom. The Morgan fingerprint density at radius 2 is 1.68 bits per heavy atom. The van der Waals surface area contributed by atoms with E-state index in [1.165, 1.54) is 0 Å². The molecule has 3 saturated heterocycles. The van der Waals surface area contributed by atoms with Gasteiger partial charge in [0.25, 0.3) is 18.2 Å². The van der Waals surface area contributed by atoms with Gasteiger partial charge in [0.15, 0.2) is 5.82 Å². The maximum Gasteiger partial charge on any atom is 0.264 e. The predicted molar refractivity (Wildman–Crippen MR) is 246 cm³/mol. The fraction of sp³-hybridized carbons (Fsp3) is 0.520. The van der Waals surface area contributed by atoms with Gasteiger partial charge in [0.05, 0.1) is 29.9 Å². The highest BCUT2D eigenvalue weighted by Gasteiger charge is 2.45. The normalized spacial score (nSPS) is 20.6. The number of aryl methyl sites for hydroxylation is 3. The SMILES string of the molecule is CC(=O)N1CCc2c(c(N3CCCc4cc(-c5cnn(C)c5)c(C(F)F)cc43)nn2C2CCN(C(=O)CCN3CCC(CCc4cccc5c4C(=O)N(C4CCC(=O)NC4=O)C5=O)CC3)CC2)C1. The van der Waals surface area contributed by atoms with E-state index in [2.05, 4.69) is 24.9 Å². The van der Waals surface area contributed by atoms with Crippen LogP contribution in [-0.2, 0) is 52.0 Å². The van der Waals surface area contributed by atoms with Crippen LogP contribution in [0.1, 0.15) is 126 Å². The van der Waals surface area contributed by atoms with Crippen LogP contribution in [0.25, 0.3) is 11.1 Å². The minimum absolute atomic E-state index is 0.0160. The maximum absolute atomic E-state index is 14.7. The van der Waals surface area contributed by atoms with Crippen LogP contribution in [0.4, 0.5) is 20.3 Å². The summed E-state index contributed by atoms with van der Waals surface area (Å²) < 4.78 is 33.2. The van der Waals surface area contributed by atoms with Crippen molar-refractivity contribution in [1.29, 1.82) is 0 Å². The minimum Gasteiger partial charge on any atom is -0.343 e. The number of benzene rings is 2. The number of aromatic nitrogens is 4. The smallest absolute Gasteiger partial charge is 0.264 e. The first-order valence-corrected chi connectivity index (χ1v) is 24.2. The third kappa shape index (κ3) is 8.60. The summed E-state index contributed by atoms with van der Waals surface area (Å²) in [6, 6.07) is 7.87. The van der Waals surface area contributed by atoms with Crippen LogP contribution < -0.4 is 10.2 Å². The lowest BCUT2D eigenvalue weighted by atomic mass is 9.89. The van der Waals surface area contributed by atoms with Crippen molar-refractivity contribution in [2.24, 2.45) is 13.0 Å². The van der Waals surface area contributed by atoms with Crippen molar-refractivity contribution < 1.29 is 37.5 Å². The molecule has 6 amide bonds. The molecular formula is C50H58F2N10O6. The molecule has 0 radical (unpaired) electrons. The summed E-state index contributed by atoms with van der Waals surface area (Å²) in [6.45, 7) is 6.82. The number of carbonyl (C=O) groups is 6. The fourth-order valence-electron chi connectivity index (χ4n) is 11.5. The standard InChI is InChI=1S/C50H58F2N10O6/c1-30(63)59-24-16-40-39(29-59)47(60-18-4-6-33-25-37(34-27-53-56(2)28-34)38(46(51)52)26-42(33)60)55-62(40)35-14-22-58(23-15-35)44(65)17-21-57-19-12-31(13-20-57)8-9-32-5-3-7-36-45(32)50(68)61(49(36)67)41-10-11-43(64)54-48(41)66/h3,5,7,25-28,31,35,41,46H,4,6,8-24,29H2,1-2H3,(H,54,64,66). The first-order valence-electron chi connectivity index (χ1n) is 24.2. The number of nitrogens with one attached hydrogen (secondary N) is 1. The van der Waals surface area contributed by atoms with Crippen molar-refractivity contribution in [2.45, 2.75) is 109 Å². The van der Waals surface area contributed by atoms with E-state index in [-0.39, 0.29) is 36.3 Å². The lowest BCUT2D eigenvalue weighted by Crippen LogP contribution is -2.54. The zero-order valence-corrected chi connectivity index (χ0v) is 38.7. The molecule has 1 atom stereocenters. The number of likely N-dealkylation sites (tertiary alicyclic amines) is 2. The second-order valence-corrected chi connectivity index (χ2v) is 19.4. The molecule has 6 aliphatic heterocycles. The number of hydrogen-bond acceptors (Lipinski definition) is 10. The highest BCUT2D eigenvalue weighted by atomic mass is 19.3. The Labute approximate surface area is 393 Å². The Bertz CT molecular complexity index is 2680. The molecule has 18 heteroatoms. The van der Waals surface area contributed by atoms with E-state index in [1.54, 1.807) is 49.2 Å². The molecule has 68 heavy (non-hydrogen) atoms. The highest BCUT2D eigenvalue weighted by Crippen LogP contribution is 2.44. The third-order valence-corrected chi connectivity index (χ3v) is 15.3. The molecule has 16 nitrogen and oxygen atoms in total. The average molecular weight is 933 g/mol. The van der Waals surface area contributed by atoms with E-state index in [1.807, 2.05) is 21.9 Å². The van der Waals surface area contributed by atoms with E-state index < -0.39 is 36.1 Å². The first-order chi connectivity index (χ1) is 32.8. The molecule has 1 N–H and O–H groups in total. The van der Waals surface area contributed by atoms with Gasteiger partial charge in [-0.05, 0) is 112 Å². The van der Waals surface area contributed by atoms with Crippen LogP contribution in [0, 0.1) is 5.92 Å². The summed E-state index contributed by atoms with van der Waals surface area (Å²) in [4.78, 5) is 86.7. The van der Waals surface area contributed by atoms with Gasteiger partial charge < -0.3 is 19.6 Å². The number of anilines is 2. The largest absolute Gasteiger partial charge is 0.343 e. The van der Waals surface area contributed by atoms with E-state index in [0.29, 0.717) is 86.7 Å². The maximum atomic E-state index is 14.7. The van der Waals surface area contributed by atoms with Gasteiger partial charge in [0.1, 0.15) is 6.04 Å². The summed E-state index contributed by atoms with van der Waals surface area (Å²) in [5.41, 5.74) is 6.30. The summed E-state index contributed by atoms with van der Waals surface area (Å²) >= 11 is 0. The van der Waals surface area contributed by atoms with E-state index in [0.717, 1.165) is 96.8 Å². The van der Waals surface area contributed by atoms with Crippen molar-refractivity contribution in [2.75, 3.05) is 50.7 Å². The highest BCUT2D eigenvalue weighted by molar-refractivity contribution is 6.24. The predicted octanol–water partition coefficient (Wildman–Crippen LogP) is 5.51. The number of fused-ring (bicyclic) bond motifs is 3. The first kappa shape index (κ1) is 45.5. The molecule has 2 aromatic heterocycles. The number of rotatable bonds is 11. The van der Waals surface area contributed by atoms with Gasteiger partial charge >= 0.3 is 0 Å². The van der Waals surface area contributed by atoms with Crippen molar-refractivity contribution in [3.8, 4) is 11.1 Å². The van der Waals surface area contributed by atoms with E-state index >= 15 is 0 Å². The van der Waals surface area contributed by atoms with Crippen LogP contribution in [0.15, 0.2) is 42.7 Å². The molecule has 3 fully saturated rings. The molecule has 0 bridgehead atoms. The third-order valence-electron chi connectivity index (χ3n) is 15.3. The average Bonchev–Trinajstić information content (AvgIpc) is 4.02. The van der Waals surface area contributed by atoms with Gasteiger partial charge in [-0.2, -0.15) is 10.2 Å². The number of nitrogens with zero attached hydrogens (tertiary/aromatic N) is 9. The fourth-order valence-corrected chi connectivity index (χ4v) is 11.5. The number of imide groups is 2. The van der Waals surface area contributed by atoms with E-state index in [4.69, 9.17) is 5.10 Å². The van der Waals surface area contributed by atoms with Gasteiger partial charge in [-0.25, -0.2) is 8.78 Å². The van der Waals surface area contributed by atoms with Crippen LogP contribution in [-0.4, -0.2) is 126 Å². The lowest BCUT2D eigenvalue weighted by molar-refractivity contribution is -0.136. The summed E-state index contributed by atoms with van der Waals surface area (Å²) in [7, 11) is 1.77. The second-order valence-electron chi connectivity index (χ2n) is 19.4. The Morgan fingerprint density at radius 3 is 2.40 bits per heavy atom. The number of amides is 6. The van der Waals surface area contributed by atoms with E-state index in [9.17, 15) is 37.5 Å². The lowest BCUT2D eigenvalue weighted by Gasteiger charge is -2.35. The molecule has 1 unspecified atom stereocenters. The number of piperidine rings is 3. The Balaban J connectivity index is 0.744. The van der Waals surface area contributed by atoms with Crippen molar-refractivity contribution >= 4 is 46.9 Å². The number of alkyl halides is 2. The molecule has 0 spiro atoms. The summed E-state index contributed by atoms with van der Waals surface area (Å²) in [6.07, 6.45) is 8.42. The van der Waals surface area contributed by atoms with Crippen molar-refractivity contribution in [1.82, 2.24) is 44.5 Å². The van der Waals surface area contributed by atoms with Crippen LogP contribution in [0.5, 0.6) is 0 Å². The molecular weight excluding hydrogens is 875 g/mol.